The van der Waals surface area contributed by atoms with E-state index in [4.69, 9.17) is 14.4 Å². The first-order chi connectivity index (χ1) is 26.8. The van der Waals surface area contributed by atoms with Crippen LogP contribution in [-0.4, -0.2) is 14.5 Å². The third-order valence-corrected chi connectivity index (χ3v) is 11.2. The summed E-state index contributed by atoms with van der Waals surface area (Å²) in [5.74, 6) is 0.666. The van der Waals surface area contributed by atoms with Crippen molar-refractivity contribution in [1.82, 2.24) is 14.5 Å². The molecule has 0 saturated heterocycles. The van der Waals surface area contributed by atoms with Gasteiger partial charge in [0.05, 0.1) is 16.7 Å². The molecule has 0 spiro atoms. The van der Waals surface area contributed by atoms with E-state index in [2.05, 4.69) is 162 Å². The highest BCUT2D eigenvalue weighted by Crippen LogP contribution is 2.43. The normalized spacial score (nSPS) is 12.1. The van der Waals surface area contributed by atoms with E-state index in [0.29, 0.717) is 11.4 Å². The smallest absolute Gasteiger partial charge is 0.180 e. The largest absolute Gasteiger partial charge is 0.452 e. The first-order valence-electron chi connectivity index (χ1n) is 18.3. The summed E-state index contributed by atoms with van der Waals surface area (Å²) in [6, 6.07) is 62.7. The highest BCUT2D eigenvalue weighted by atomic mass is 16.3. The molecule has 12 rings (SSSR count). The van der Waals surface area contributed by atoms with Crippen molar-refractivity contribution in [2.45, 2.75) is 0 Å². The summed E-state index contributed by atoms with van der Waals surface area (Å²) in [6.45, 7) is 0. The van der Waals surface area contributed by atoms with E-state index in [0.717, 1.165) is 55.2 Å². The number of hydrogen-bond acceptors (Lipinski definition) is 3. The number of rotatable bonds is 3. The SMILES string of the molecule is c1ccc2cc(-c3nc(-c4cccc5c(-n6c7ccc8ccccc8c7c7c8ccccc8ccc76)cccc45)nc4c3oc3ccccc34)ccc2c1. The van der Waals surface area contributed by atoms with Gasteiger partial charge in [0.25, 0.3) is 0 Å². The van der Waals surface area contributed by atoms with E-state index >= 15 is 0 Å². The Morgan fingerprint density at radius 3 is 1.78 bits per heavy atom. The molecule has 0 aliphatic heterocycles. The van der Waals surface area contributed by atoms with Gasteiger partial charge in [-0.2, -0.15) is 0 Å². The van der Waals surface area contributed by atoms with Crippen LogP contribution in [0.15, 0.2) is 180 Å². The number of aromatic nitrogens is 3. The van der Waals surface area contributed by atoms with Gasteiger partial charge in [-0.05, 0) is 74.1 Å². The van der Waals surface area contributed by atoms with Gasteiger partial charge in [-0.3, -0.25) is 0 Å². The minimum Gasteiger partial charge on any atom is -0.452 e. The van der Waals surface area contributed by atoms with Crippen molar-refractivity contribution < 1.29 is 4.42 Å². The van der Waals surface area contributed by atoms with Gasteiger partial charge < -0.3 is 8.98 Å². The lowest BCUT2D eigenvalue weighted by atomic mass is 10.00. The predicted octanol–water partition coefficient (Wildman–Crippen LogP) is 13.4. The van der Waals surface area contributed by atoms with Crippen LogP contribution in [-0.2, 0) is 0 Å². The fourth-order valence-corrected chi connectivity index (χ4v) is 8.73. The predicted molar refractivity (Wildman–Crippen MR) is 225 cm³/mol. The van der Waals surface area contributed by atoms with Gasteiger partial charge in [0.15, 0.2) is 11.4 Å². The van der Waals surface area contributed by atoms with Gasteiger partial charge in [-0.15, -0.1) is 0 Å². The van der Waals surface area contributed by atoms with Gasteiger partial charge in [0.2, 0.25) is 0 Å². The monoisotopic (exact) mass is 687 g/mol. The molecular formula is C50H29N3O. The van der Waals surface area contributed by atoms with Gasteiger partial charge in [0, 0.05) is 32.7 Å². The molecule has 54 heavy (non-hydrogen) atoms. The van der Waals surface area contributed by atoms with E-state index in [1.807, 2.05) is 18.2 Å². The maximum Gasteiger partial charge on any atom is 0.180 e. The Bertz CT molecular complexity index is 3420. The Labute approximate surface area is 309 Å². The number of hydrogen-bond donors (Lipinski definition) is 0. The highest BCUT2D eigenvalue weighted by Gasteiger charge is 2.22. The molecule has 0 fully saturated rings. The Hall–Kier alpha value is -7.30. The van der Waals surface area contributed by atoms with Crippen LogP contribution in [0.4, 0.5) is 0 Å². The lowest BCUT2D eigenvalue weighted by molar-refractivity contribution is 0.667. The number of nitrogens with zero attached hydrogens (tertiary/aromatic N) is 3. The highest BCUT2D eigenvalue weighted by molar-refractivity contribution is 6.29. The Morgan fingerprint density at radius 1 is 0.426 bits per heavy atom. The summed E-state index contributed by atoms with van der Waals surface area (Å²) in [5.41, 5.74) is 8.53. The summed E-state index contributed by atoms with van der Waals surface area (Å²) in [7, 11) is 0. The van der Waals surface area contributed by atoms with Crippen molar-refractivity contribution in [3.63, 3.8) is 0 Å². The maximum absolute atomic E-state index is 6.51. The molecule has 4 nitrogen and oxygen atoms in total. The first-order valence-corrected chi connectivity index (χ1v) is 18.3. The van der Waals surface area contributed by atoms with Crippen molar-refractivity contribution >= 4 is 87.0 Å². The molecule has 0 atom stereocenters. The van der Waals surface area contributed by atoms with Crippen LogP contribution in [0.2, 0.25) is 0 Å². The molecule has 0 aliphatic carbocycles. The molecule has 3 heterocycles. The zero-order chi connectivity index (χ0) is 35.3. The van der Waals surface area contributed by atoms with Crippen LogP contribution < -0.4 is 0 Å². The number of benzene rings is 9. The molecule has 3 aromatic heterocycles. The average molecular weight is 688 g/mol. The van der Waals surface area contributed by atoms with Gasteiger partial charge in [-0.25, -0.2) is 9.97 Å². The Morgan fingerprint density at radius 2 is 1.02 bits per heavy atom. The van der Waals surface area contributed by atoms with Crippen LogP contribution in [0.3, 0.4) is 0 Å². The second kappa shape index (κ2) is 11.1. The van der Waals surface area contributed by atoms with E-state index in [1.54, 1.807) is 0 Å². The molecule has 0 N–H and O–H groups in total. The van der Waals surface area contributed by atoms with Crippen molar-refractivity contribution in [2.24, 2.45) is 0 Å². The average Bonchev–Trinajstić information content (AvgIpc) is 3.79. The third-order valence-electron chi connectivity index (χ3n) is 11.2. The lowest BCUT2D eigenvalue weighted by Crippen LogP contribution is -1.98. The minimum absolute atomic E-state index is 0.666. The fraction of sp³-hybridized carbons (Fsp3) is 0. The second-order valence-corrected chi connectivity index (χ2v) is 14.1. The molecule has 0 radical (unpaired) electrons. The van der Waals surface area contributed by atoms with Crippen molar-refractivity contribution in [2.75, 3.05) is 0 Å². The zero-order valence-corrected chi connectivity index (χ0v) is 29.0. The fourth-order valence-electron chi connectivity index (χ4n) is 8.73. The summed E-state index contributed by atoms with van der Waals surface area (Å²) in [5, 5.41) is 13.1. The summed E-state index contributed by atoms with van der Waals surface area (Å²) in [6.07, 6.45) is 0. The topological polar surface area (TPSA) is 43.9 Å². The standard InChI is InChI=1S/C50H29N3O/c1-2-14-33-29-34(24-23-30(33)11-1)47-49-48(40-17-7-8-22-44(40)54-49)52-50(51-47)39-20-9-19-38-37(39)18-10-21-41(38)53-42-27-25-31-12-3-5-15-35(31)45(42)46-36-16-6-4-13-32(36)26-28-43(46)53/h1-29H. The zero-order valence-electron chi connectivity index (χ0n) is 29.0. The first kappa shape index (κ1) is 29.3. The number of furan rings is 1. The van der Waals surface area contributed by atoms with Gasteiger partial charge in [0.1, 0.15) is 16.8 Å². The molecule has 0 unspecified atom stereocenters. The molecule has 0 aliphatic rings. The molecule has 12 aromatic rings. The van der Waals surface area contributed by atoms with Crippen LogP contribution in [0, 0.1) is 0 Å². The minimum atomic E-state index is 0.666. The summed E-state index contributed by atoms with van der Waals surface area (Å²) < 4.78 is 8.96. The van der Waals surface area contributed by atoms with Crippen molar-refractivity contribution in [1.29, 1.82) is 0 Å². The summed E-state index contributed by atoms with van der Waals surface area (Å²) >= 11 is 0. The second-order valence-electron chi connectivity index (χ2n) is 14.1. The van der Waals surface area contributed by atoms with Crippen molar-refractivity contribution in [3.8, 4) is 28.3 Å². The molecule has 250 valence electrons. The molecule has 9 aromatic carbocycles. The molecule has 0 amide bonds. The Balaban J connectivity index is 1.15. The van der Waals surface area contributed by atoms with Gasteiger partial charge in [-0.1, -0.05) is 140 Å². The molecule has 4 heteroatoms. The number of fused-ring (bicyclic) bond motifs is 12. The molecular weight excluding hydrogens is 659 g/mol. The number of para-hydroxylation sites is 1. The lowest BCUT2D eigenvalue weighted by Gasteiger charge is -2.14. The van der Waals surface area contributed by atoms with Crippen LogP contribution in [0.5, 0.6) is 0 Å². The van der Waals surface area contributed by atoms with Crippen LogP contribution in [0.1, 0.15) is 0 Å². The van der Waals surface area contributed by atoms with E-state index in [9.17, 15) is 0 Å². The van der Waals surface area contributed by atoms with E-state index < -0.39 is 0 Å². The van der Waals surface area contributed by atoms with E-state index in [1.165, 1.54) is 48.7 Å². The molecule has 0 bridgehead atoms. The van der Waals surface area contributed by atoms with Crippen LogP contribution in [0.25, 0.3) is 115 Å². The van der Waals surface area contributed by atoms with Gasteiger partial charge >= 0.3 is 0 Å². The van der Waals surface area contributed by atoms with Crippen molar-refractivity contribution in [3.05, 3.63) is 176 Å². The Kier molecular flexibility index (Phi) is 6.02. The maximum atomic E-state index is 6.51. The summed E-state index contributed by atoms with van der Waals surface area (Å²) in [4.78, 5) is 10.6. The van der Waals surface area contributed by atoms with E-state index in [-0.39, 0.29) is 0 Å². The molecule has 0 saturated carbocycles. The third kappa shape index (κ3) is 4.13. The van der Waals surface area contributed by atoms with Crippen LogP contribution >= 0.6 is 0 Å². The quantitative estimate of drug-likeness (QED) is 0.186.